The number of H-pyrrole nitrogens is 1. The average molecular weight is 445 g/mol. The Morgan fingerprint density at radius 2 is 1.58 bits per heavy atom. The van der Waals surface area contributed by atoms with Gasteiger partial charge in [-0.15, -0.1) is 0 Å². The van der Waals surface area contributed by atoms with Crippen LogP contribution in [0.15, 0.2) is 76.3 Å². The van der Waals surface area contributed by atoms with Gasteiger partial charge in [-0.05, 0) is 29.3 Å². The molecular formula is C25H23N3O5. The minimum Gasteiger partial charge on any atom is -0.493 e. The van der Waals surface area contributed by atoms with Gasteiger partial charge in [0, 0.05) is 18.2 Å². The second kappa shape index (κ2) is 9.44. The molecule has 1 amide bonds. The molecule has 4 rings (SSSR count). The highest BCUT2D eigenvalue weighted by Crippen LogP contribution is 2.29. The first kappa shape index (κ1) is 21.9. The fourth-order valence-corrected chi connectivity index (χ4v) is 3.55. The Morgan fingerprint density at radius 3 is 2.24 bits per heavy atom. The minimum absolute atomic E-state index is 0.0599. The van der Waals surface area contributed by atoms with Gasteiger partial charge in [-0.25, -0.2) is 4.79 Å². The van der Waals surface area contributed by atoms with E-state index in [1.54, 1.807) is 36.4 Å². The summed E-state index contributed by atoms with van der Waals surface area (Å²) in [5.74, 6) is 0.609. The Hall–Kier alpha value is -4.33. The highest BCUT2D eigenvalue weighted by molar-refractivity contribution is 5.94. The molecular weight excluding hydrogens is 422 g/mol. The number of fused-ring (bicyclic) bond motifs is 1. The van der Waals surface area contributed by atoms with Crippen molar-refractivity contribution in [2.24, 2.45) is 0 Å². The molecule has 0 unspecified atom stereocenters. The molecule has 0 aliphatic rings. The molecule has 0 aliphatic carbocycles. The largest absolute Gasteiger partial charge is 0.493 e. The molecule has 1 heterocycles. The van der Waals surface area contributed by atoms with Crippen molar-refractivity contribution in [3.63, 3.8) is 0 Å². The van der Waals surface area contributed by atoms with Crippen LogP contribution in [0.2, 0.25) is 0 Å². The topological polar surface area (TPSA) is 102 Å². The summed E-state index contributed by atoms with van der Waals surface area (Å²) >= 11 is 0. The molecule has 0 spiro atoms. The van der Waals surface area contributed by atoms with Crippen LogP contribution in [0.1, 0.15) is 21.5 Å². The van der Waals surface area contributed by atoms with Crippen molar-refractivity contribution >= 4 is 16.8 Å². The first-order valence-electron chi connectivity index (χ1n) is 10.3. The van der Waals surface area contributed by atoms with E-state index in [9.17, 15) is 14.4 Å². The van der Waals surface area contributed by atoms with Crippen LogP contribution in [-0.2, 0) is 13.1 Å². The summed E-state index contributed by atoms with van der Waals surface area (Å²) in [6.07, 6.45) is 0. The van der Waals surface area contributed by atoms with E-state index in [1.165, 1.54) is 14.2 Å². The molecule has 0 atom stereocenters. The summed E-state index contributed by atoms with van der Waals surface area (Å²) in [5, 5.41) is 3.18. The molecule has 1 aromatic heterocycles. The molecule has 4 aromatic rings. The maximum absolute atomic E-state index is 13.0. The van der Waals surface area contributed by atoms with Gasteiger partial charge in [-0.2, -0.15) is 0 Å². The van der Waals surface area contributed by atoms with Gasteiger partial charge in [-0.3, -0.25) is 14.2 Å². The molecule has 0 bridgehead atoms. The number of hydrogen-bond donors (Lipinski definition) is 2. The van der Waals surface area contributed by atoms with Crippen molar-refractivity contribution in [3.05, 3.63) is 104 Å². The van der Waals surface area contributed by atoms with E-state index in [2.05, 4.69) is 10.3 Å². The lowest BCUT2D eigenvalue weighted by atomic mass is 10.1. The van der Waals surface area contributed by atoms with Gasteiger partial charge in [-0.1, -0.05) is 42.5 Å². The third kappa shape index (κ3) is 4.64. The molecule has 33 heavy (non-hydrogen) atoms. The number of nitrogens with zero attached hydrogens (tertiary/aromatic N) is 1. The van der Waals surface area contributed by atoms with E-state index in [0.29, 0.717) is 40.1 Å². The van der Waals surface area contributed by atoms with E-state index in [1.807, 2.05) is 30.3 Å². The van der Waals surface area contributed by atoms with Crippen LogP contribution in [0.25, 0.3) is 10.9 Å². The second-order valence-electron chi connectivity index (χ2n) is 7.44. The summed E-state index contributed by atoms with van der Waals surface area (Å²) in [6.45, 7) is 0.488. The maximum atomic E-state index is 13.0. The van der Waals surface area contributed by atoms with Crippen LogP contribution in [0, 0.1) is 0 Å². The van der Waals surface area contributed by atoms with Crippen molar-refractivity contribution in [2.75, 3.05) is 14.2 Å². The van der Waals surface area contributed by atoms with Gasteiger partial charge in [0.2, 0.25) is 0 Å². The summed E-state index contributed by atoms with van der Waals surface area (Å²) in [6, 6.07) is 19.5. The first-order valence-corrected chi connectivity index (χ1v) is 10.3. The number of nitrogens with one attached hydrogen (secondary N) is 2. The van der Waals surface area contributed by atoms with Crippen molar-refractivity contribution in [3.8, 4) is 11.5 Å². The van der Waals surface area contributed by atoms with Crippen LogP contribution in [0.4, 0.5) is 0 Å². The van der Waals surface area contributed by atoms with Gasteiger partial charge in [0.25, 0.3) is 11.5 Å². The smallest absolute Gasteiger partial charge is 0.329 e. The molecule has 0 radical (unpaired) electrons. The number of hydrogen-bond acceptors (Lipinski definition) is 5. The zero-order valence-corrected chi connectivity index (χ0v) is 18.3. The normalized spacial score (nSPS) is 10.7. The van der Waals surface area contributed by atoms with Crippen LogP contribution < -0.4 is 26.0 Å². The summed E-state index contributed by atoms with van der Waals surface area (Å²) in [7, 11) is 2.96. The van der Waals surface area contributed by atoms with Crippen molar-refractivity contribution in [1.82, 2.24) is 14.9 Å². The number of ether oxygens (including phenoxy) is 2. The SMILES string of the molecule is COc1cc2[nH]c(=O)n(Cc3ccc(C(=O)NCc4ccccc4)cc3)c(=O)c2cc1OC. The van der Waals surface area contributed by atoms with Crippen molar-refractivity contribution in [2.45, 2.75) is 13.1 Å². The quantitative estimate of drug-likeness (QED) is 0.455. The molecule has 0 fully saturated rings. The lowest BCUT2D eigenvalue weighted by Crippen LogP contribution is -2.35. The number of amides is 1. The van der Waals surface area contributed by atoms with Crippen molar-refractivity contribution in [1.29, 1.82) is 0 Å². The number of aromatic nitrogens is 2. The monoisotopic (exact) mass is 445 g/mol. The summed E-state index contributed by atoms with van der Waals surface area (Å²) < 4.78 is 11.6. The zero-order valence-electron chi connectivity index (χ0n) is 18.3. The Labute approximate surface area is 189 Å². The van der Waals surface area contributed by atoms with Crippen molar-refractivity contribution < 1.29 is 14.3 Å². The van der Waals surface area contributed by atoms with Gasteiger partial charge in [0.1, 0.15) is 0 Å². The average Bonchev–Trinajstić information content (AvgIpc) is 2.85. The molecule has 0 aliphatic heterocycles. The van der Waals surface area contributed by atoms with E-state index in [4.69, 9.17) is 9.47 Å². The molecule has 3 aromatic carbocycles. The van der Waals surface area contributed by atoms with Gasteiger partial charge < -0.3 is 19.8 Å². The predicted octanol–water partition coefficient (Wildman–Crippen LogP) is 2.69. The molecule has 8 nitrogen and oxygen atoms in total. The third-order valence-corrected chi connectivity index (χ3v) is 5.34. The highest BCUT2D eigenvalue weighted by atomic mass is 16.5. The Bertz CT molecular complexity index is 1410. The molecule has 8 heteroatoms. The number of carbonyl (C=O) groups excluding carboxylic acids is 1. The Morgan fingerprint density at radius 1 is 0.909 bits per heavy atom. The molecule has 0 saturated heterocycles. The second-order valence-corrected chi connectivity index (χ2v) is 7.44. The van der Waals surface area contributed by atoms with Gasteiger partial charge in [0.15, 0.2) is 11.5 Å². The Kier molecular flexibility index (Phi) is 6.26. The van der Waals surface area contributed by atoms with E-state index < -0.39 is 11.2 Å². The number of benzene rings is 3. The van der Waals surface area contributed by atoms with Crippen LogP contribution in [0.3, 0.4) is 0 Å². The van der Waals surface area contributed by atoms with E-state index >= 15 is 0 Å². The fourth-order valence-electron chi connectivity index (χ4n) is 3.55. The standard InChI is InChI=1S/C25H23N3O5/c1-32-21-12-19-20(13-22(21)33-2)27-25(31)28(24(19)30)15-17-8-10-18(11-9-17)23(29)26-14-16-6-4-3-5-7-16/h3-13H,14-15H2,1-2H3,(H,26,29)(H,27,31). The summed E-state index contributed by atoms with van der Waals surface area (Å²) in [4.78, 5) is 40.7. The lowest BCUT2D eigenvalue weighted by Gasteiger charge is -2.11. The first-order chi connectivity index (χ1) is 16.0. The van der Waals surface area contributed by atoms with E-state index in [-0.39, 0.29) is 12.5 Å². The summed E-state index contributed by atoms with van der Waals surface area (Å²) in [5.41, 5.74) is 1.59. The molecule has 2 N–H and O–H groups in total. The fraction of sp³-hybridized carbons (Fsp3) is 0.160. The predicted molar refractivity (Wildman–Crippen MR) is 125 cm³/mol. The number of methoxy groups -OCH3 is 2. The third-order valence-electron chi connectivity index (χ3n) is 5.34. The molecule has 168 valence electrons. The number of aromatic amines is 1. The number of rotatable bonds is 7. The zero-order chi connectivity index (χ0) is 23.4. The van der Waals surface area contributed by atoms with Gasteiger partial charge >= 0.3 is 5.69 Å². The van der Waals surface area contributed by atoms with Crippen LogP contribution >= 0.6 is 0 Å². The van der Waals surface area contributed by atoms with Crippen LogP contribution in [0.5, 0.6) is 11.5 Å². The lowest BCUT2D eigenvalue weighted by molar-refractivity contribution is 0.0951. The minimum atomic E-state index is -0.538. The number of carbonyl (C=O) groups is 1. The maximum Gasteiger partial charge on any atom is 0.329 e. The highest BCUT2D eigenvalue weighted by Gasteiger charge is 2.13. The van der Waals surface area contributed by atoms with Crippen LogP contribution in [-0.4, -0.2) is 29.7 Å². The Balaban J connectivity index is 1.55. The van der Waals surface area contributed by atoms with Gasteiger partial charge in [0.05, 0.1) is 31.7 Å². The molecule has 0 saturated carbocycles. The van der Waals surface area contributed by atoms with E-state index in [0.717, 1.165) is 10.1 Å².